The molecular formula is C14H17NO4. The summed E-state index contributed by atoms with van der Waals surface area (Å²) in [5, 5.41) is 8.78. The van der Waals surface area contributed by atoms with Crippen LogP contribution < -0.4 is 0 Å². The van der Waals surface area contributed by atoms with Crippen molar-refractivity contribution in [1.82, 2.24) is 4.90 Å². The lowest BCUT2D eigenvalue weighted by Gasteiger charge is -2.15. The molecule has 0 radical (unpaired) electrons. The van der Waals surface area contributed by atoms with Crippen LogP contribution >= 0.6 is 0 Å². The Morgan fingerprint density at radius 2 is 2.16 bits per heavy atom. The van der Waals surface area contributed by atoms with Crippen LogP contribution in [-0.4, -0.2) is 34.3 Å². The first-order chi connectivity index (χ1) is 9.02. The van der Waals surface area contributed by atoms with Crippen molar-refractivity contribution in [3.8, 4) is 0 Å². The number of carboxylic acid groups (broad SMARTS) is 1. The van der Waals surface area contributed by atoms with Gasteiger partial charge in [0.15, 0.2) is 0 Å². The zero-order valence-corrected chi connectivity index (χ0v) is 10.9. The largest absolute Gasteiger partial charge is 0.481 e. The van der Waals surface area contributed by atoms with E-state index in [1.54, 1.807) is 13.0 Å². The molecule has 0 bridgehead atoms. The fourth-order valence-corrected chi connectivity index (χ4v) is 2.37. The molecular weight excluding hydrogens is 246 g/mol. The first-order valence-electron chi connectivity index (χ1n) is 6.51. The summed E-state index contributed by atoms with van der Waals surface area (Å²) in [6.45, 7) is 1.93. The number of rotatable bonds is 5. The molecule has 2 aliphatic rings. The number of carbonyl (C=O) groups is 3. The monoisotopic (exact) mass is 263 g/mol. The number of carboxylic acids is 1. The summed E-state index contributed by atoms with van der Waals surface area (Å²) in [5.74, 6) is -1.74. The molecule has 19 heavy (non-hydrogen) atoms. The van der Waals surface area contributed by atoms with Gasteiger partial charge in [-0.05, 0) is 25.7 Å². The van der Waals surface area contributed by atoms with Gasteiger partial charge >= 0.3 is 5.97 Å². The average molecular weight is 263 g/mol. The van der Waals surface area contributed by atoms with Gasteiger partial charge in [0.2, 0.25) is 0 Å². The van der Waals surface area contributed by atoms with Gasteiger partial charge in [-0.15, -0.1) is 0 Å². The average Bonchev–Trinajstić information content (AvgIpc) is 2.64. The number of amides is 2. The highest BCUT2D eigenvalue weighted by Crippen LogP contribution is 2.29. The van der Waals surface area contributed by atoms with Crippen molar-refractivity contribution in [2.24, 2.45) is 5.92 Å². The summed E-state index contributed by atoms with van der Waals surface area (Å²) in [6.07, 6.45) is 6.03. The zero-order chi connectivity index (χ0) is 14.0. The Hall–Kier alpha value is -1.91. The Balaban J connectivity index is 1.93. The molecule has 0 aromatic heterocycles. The van der Waals surface area contributed by atoms with E-state index in [1.165, 1.54) is 4.90 Å². The van der Waals surface area contributed by atoms with Crippen LogP contribution in [0.1, 0.15) is 32.6 Å². The molecule has 2 rings (SSSR count). The molecule has 0 aromatic carbocycles. The van der Waals surface area contributed by atoms with Crippen LogP contribution in [0.15, 0.2) is 23.3 Å². The van der Waals surface area contributed by atoms with E-state index in [1.807, 2.05) is 6.08 Å². The van der Waals surface area contributed by atoms with Crippen LogP contribution in [0.4, 0.5) is 0 Å². The third kappa shape index (κ3) is 2.59. The van der Waals surface area contributed by atoms with E-state index in [-0.39, 0.29) is 11.8 Å². The van der Waals surface area contributed by atoms with Crippen molar-refractivity contribution < 1.29 is 19.5 Å². The number of nitrogens with zero attached hydrogens (tertiary/aromatic N) is 1. The third-order valence-electron chi connectivity index (χ3n) is 3.59. The second-order valence-electron chi connectivity index (χ2n) is 4.98. The van der Waals surface area contributed by atoms with Crippen molar-refractivity contribution in [3.05, 3.63) is 23.3 Å². The Morgan fingerprint density at radius 3 is 2.79 bits per heavy atom. The van der Waals surface area contributed by atoms with Gasteiger partial charge in [0.05, 0.1) is 5.92 Å². The molecule has 5 heteroatoms. The van der Waals surface area contributed by atoms with Gasteiger partial charge in [0, 0.05) is 17.7 Å². The maximum atomic E-state index is 12.1. The number of allylic oxidation sites excluding steroid dienone is 1. The molecule has 1 atom stereocenters. The molecule has 102 valence electrons. The standard InChI is InChI=1S/C14H17NO4/c1-9(14(18)19)5-4-8-15-12(16)10-6-2-3-7-11(10)13(15)17/h2,6,9H,3-5,7-8H2,1H3,(H,18,19). The van der Waals surface area contributed by atoms with Crippen molar-refractivity contribution >= 4 is 17.8 Å². The molecule has 0 fully saturated rings. The number of carbonyl (C=O) groups excluding carboxylic acids is 2. The quantitative estimate of drug-likeness (QED) is 0.763. The predicted molar refractivity (Wildman–Crippen MR) is 68.2 cm³/mol. The lowest BCUT2D eigenvalue weighted by Crippen LogP contribution is -2.33. The minimum atomic E-state index is -0.848. The number of imide groups is 1. The first-order valence-corrected chi connectivity index (χ1v) is 6.51. The highest BCUT2D eigenvalue weighted by Gasteiger charge is 2.36. The maximum absolute atomic E-state index is 12.1. The van der Waals surface area contributed by atoms with Gasteiger partial charge in [0.25, 0.3) is 11.8 Å². The lowest BCUT2D eigenvalue weighted by molar-refractivity contribution is -0.141. The fraction of sp³-hybridized carbons (Fsp3) is 0.500. The molecule has 0 saturated heterocycles. The Morgan fingerprint density at radius 1 is 1.42 bits per heavy atom. The molecule has 1 aliphatic heterocycles. The molecule has 0 saturated carbocycles. The third-order valence-corrected chi connectivity index (χ3v) is 3.59. The summed E-state index contributed by atoms with van der Waals surface area (Å²) in [7, 11) is 0. The summed E-state index contributed by atoms with van der Waals surface area (Å²) in [5.41, 5.74) is 1.13. The number of hydrogen-bond acceptors (Lipinski definition) is 3. The molecule has 1 aliphatic carbocycles. The van der Waals surface area contributed by atoms with Crippen molar-refractivity contribution in [2.45, 2.75) is 32.6 Å². The van der Waals surface area contributed by atoms with Crippen molar-refractivity contribution in [2.75, 3.05) is 6.54 Å². The van der Waals surface area contributed by atoms with Crippen LogP contribution in [0.3, 0.4) is 0 Å². The number of hydrogen-bond donors (Lipinski definition) is 1. The summed E-state index contributed by atoms with van der Waals surface area (Å²) in [4.78, 5) is 36.0. The fourth-order valence-electron chi connectivity index (χ4n) is 2.37. The van der Waals surface area contributed by atoms with Gasteiger partial charge in [-0.25, -0.2) is 0 Å². The summed E-state index contributed by atoms with van der Waals surface area (Å²) in [6, 6.07) is 0. The van der Waals surface area contributed by atoms with Gasteiger partial charge in [-0.3, -0.25) is 19.3 Å². The first kappa shape index (κ1) is 13.5. The Bertz CT molecular complexity index is 490. The molecule has 2 amide bonds. The SMILES string of the molecule is CC(CCCN1C(=O)C2=C(CCC=C2)C1=O)C(=O)O. The Kier molecular flexibility index (Phi) is 3.83. The zero-order valence-electron chi connectivity index (χ0n) is 10.9. The molecule has 1 unspecified atom stereocenters. The van der Waals surface area contributed by atoms with Crippen LogP contribution in [0.5, 0.6) is 0 Å². The van der Waals surface area contributed by atoms with Gasteiger partial charge < -0.3 is 5.11 Å². The van der Waals surface area contributed by atoms with E-state index in [4.69, 9.17) is 5.11 Å². The summed E-state index contributed by atoms with van der Waals surface area (Å²) >= 11 is 0. The molecule has 1 N–H and O–H groups in total. The van der Waals surface area contributed by atoms with Gasteiger partial charge in [0.1, 0.15) is 0 Å². The second-order valence-corrected chi connectivity index (χ2v) is 4.98. The molecule has 5 nitrogen and oxygen atoms in total. The van der Waals surface area contributed by atoms with Gasteiger partial charge in [-0.2, -0.15) is 0 Å². The number of aliphatic carboxylic acids is 1. The van der Waals surface area contributed by atoms with E-state index >= 15 is 0 Å². The Labute approximate surface area is 111 Å². The lowest BCUT2D eigenvalue weighted by atomic mass is 10.00. The van der Waals surface area contributed by atoms with Crippen LogP contribution in [0.2, 0.25) is 0 Å². The normalized spacial score (nSPS) is 19.9. The van der Waals surface area contributed by atoms with E-state index in [0.717, 1.165) is 6.42 Å². The second kappa shape index (κ2) is 5.38. The predicted octanol–water partition coefficient (Wildman–Crippen LogP) is 1.50. The van der Waals surface area contributed by atoms with Crippen molar-refractivity contribution in [1.29, 1.82) is 0 Å². The van der Waals surface area contributed by atoms with Crippen molar-refractivity contribution in [3.63, 3.8) is 0 Å². The molecule has 1 heterocycles. The molecule has 0 aromatic rings. The van der Waals surface area contributed by atoms with Crippen LogP contribution in [0, 0.1) is 5.92 Å². The molecule has 0 spiro atoms. The summed E-state index contributed by atoms with van der Waals surface area (Å²) < 4.78 is 0. The van der Waals surface area contributed by atoms with E-state index < -0.39 is 11.9 Å². The highest BCUT2D eigenvalue weighted by molar-refractivity contribution is 6.20. The minimum Gasteiger partial charge on any atom is -0.481 e. The maximum Gasteiger partial charge on any atom is 0.306 e. The van der Waals surface area contributed by atoms with E-state index in [0.29, 0.717) is 37.0 Å². The van der Waals surface area contributed by atoms with Crippen LogP contribution in [0.25, 0.3) is 0 Å². The van der Waals surface area contributed by atoms with E-state index in [2.05, 4.69) is 0 Å². The highest BCUT2D eigenvalue weighted by atomic mass is 16.4. The topological polar surface area (TPSA) is 74.7 Å². The van der Waals surface area contributed by atoms with Crippen LogP contribution in [-0.2, 0) is 14.4 Å². The smallest absolute Gasteiger partial charge is 0.306 e. The van der Waals surface area contributed by atoms with E-state index in [9.17, 15) is 14.4 Å². The minimum absolute atomic E-state index is 0.202. The van der Waals surface area contributed by atoms with Gasteiger partial charge in [-0.1, -0.05) is 19.1 Å².